The molecule has 1 atom stereocenters. The Hall–Kier alpha value is -3.33. The monoisotopic (exact) mass is 525 g/mol. The predicted molar refractivity (Wildman–Crippen MR) is 138 cm³/mol. The number of pyridine rings is 1. The number of carbonyl (C=O) groups excluding carboxylic acids is 1. The van der Waals surface area contributed by atoms with E-state index in [0.717, 1.165) is 18.8 Å². The van der Waals surface area contributed by atoms with Gasteiger partial charge >= 0.3 is 0 Å². The summed E-state index contributed by atoms with van der Waals surface area (Å²) >= 11 is 12.8. The van der Waals surface area contributed by atoms with Gasteiger partial charge in [0.15, 0.2) is 0 Å². The lowest BCUT2D eigenvalue weighted by molar-refractivity contribution is -0.121. The number of hydrogen-bond acceptors (Lipinski definition) is 6. The molecule has 7 nitrogen and oxygen atoms in total. The van der Waals surface area contributed by atoms with Crippen LogP contribution >= 0.6 is 23.2 Å². The van der Waals surface area contributed by atoms with Crippen molar-refractivity contribution in [2.24, 2.45) is 0 Å². The Morgan fingerprint density at radius 3 is 2.64 bits per heavy atom. The molecule has 184 valence electrons. The van der Waals surface area contributed by atoms with Gasteiger partial charge in [-0.05, 0) is 48.0 Å². The minimum absolute atomic E-state index is 0.0829. The van der Waals surface area contributed by atoms with Gasteiger partial charge in [-0.1, -0.05) is 23.2 Å². The standard InChI is InChI=1S/C26H22Cl2FN5O2/c1-30-26(35)23(25-19(27)3-2-6-31-25)17-12-18(21(29)13-20(17)28)24-16-5-4-15(11-22(16)32-14-33-24)34-7-9-36-10-8-34/h2-6,11-14,23H,7-10H2,1H3,(H,30,35). The van der Waals surface area contributed by atoms with Crippen molar-refractivity contribution in [2.75, 3.05) is 38.3 Å². The number of ether oxygens (including phenoxy) is 1. The van der Waals surface area contributed by atoms with Crippen LogP contribution in [0.5, 0.6) is 0 Å². The number of aromatic nitrogens is 3. The number of halogens is 3. The Kier molecular flexibility index (Phi) is 7.00. The molecule has 4 aromatic rings. The third-order valence-electron chi connectivity index (χ3n) is 6.22. The summed E-state index contributed by atoms with van der Waals surface area (Å²) in [5, 5.41) is 3.69. The normalized spacial score (nSPS) is 14.6. The van der Waals surface area contributed by atoms with E-state index in [9.17, 15) is 4.79 Å². The van der Waals surface area contributed by atoms with Gasteiger partial charge in [-0.15, -0.1) is 0 Å². The maximum absolute atomic E-state index is 15.3. The molecule has 36 heavy (non-hydrogen) atoms. The van der Waals surface area contributed by atoms with Crippen LogP contribution in [0.2, 0.25) is 10.0 Å². The maximum atomic E-state index is 15.3. The summed E-state index contributed by atoms with van der Waals surface area (Å²) < 4.78 is 20.8. The maximum Gasteiger partial charge on any atom is 0.233 e. The molecule has 1 aliphatic rings. The molecule has 1 N–H and O–H groups in total. The van der Waals surface area contributed by atoms with Crippen molar-refractivity contribution < 1.29 is 13.9 Å². The molecule has 2 aromatic heterocycles. The molecule has 1 amide bonds. The van der Waals surface area contributed by atoms with Crippen LogP contribution in [0.3, 0.4) is 0 Å². The van der Waals surface area contributed by atoms with E-state index in [1.165, 1.54) is 19.4 Å². The lowest BCUT2D eigenvalue weighted by Gasteiger charge is -2.29. The average Bonchev–Trinajstić information content (AvgIpc) is 2.90. The van der Waals surface area contributed by atoms with Gasteiger partial charge in [-0.3, -0.25) is 9.78 Å². The summed E-state index contributed by atoms with van der Waals surface area (Å²) in [6.07, 6.45) is 2.94. The molecule has 0 aliphatic carbocycles. The van der Waals surface area contributed by atoms with Crippen molar-refractivity contribution >= 4 is 45.7 Å². The summed E-state index contributed by atoms with van der Waals surface area (Å²) in [4.78, 5) is 28.3. The van der Waals surface area contributed by atoms with Crippen molar-refractivity contribution in [1.29, 1.82) is 0 Å². The third-order valence-corrected chi connectivity index (χ3v) is 6.86. The molecule has 0 spiro atoms. The lowest BCUT2D eigenvalue weighted by Crippen LogP contribution is -2.36. The minimum Gasteiger partial charge on any atom is -0.378 e. The first-order valence-corrected chi connectivity index (χ1v) is 12.1. The molecular weight excluding hydrogens is 504 g/mol. The smallest absolute Gasteiger partial charge is 0.233 e. The number of hydrogen-bond donors (Lipinski definition) is 1. The van der Waals surface area contributed by atoms with Crippen molar-refractivity contribution in [1.82, 2.24) is 20.3 Å². The fourth-order valence-electron chi connectivity index (χ4n) is 4.41. The first kappa shape index (κ1) is 24.4. The topological polar surface area (TPSA) is 80.2 Å². The molecule has 2 aromatic carbocycles. The Balaban J connectivity index is 1.64. The van der Waals surface area contributed by atoms with Gasteiger partial charge < -0.3 is 15.0 Å². The zero-order valence-corrected chi connectivity index (χ0v) is 20.9. The summed E-state index contributed by atoms with van der Waals surface area (Å²) in [5.41, 5.74) is 2.96. The number of anilines is 1. The van der Waals surface area contributed by atoms with E-state index in [-0.39, 0.29) is 16.5 Å². The van der Waals surface area contributed by atoms with Crippen LogP contribution in [-0.4, -0.2) is 54.2 Å². The highest BCUT2D eigenvalue weighted by Gasteiger charge is 2.29. The predicted octanol–water partition coefficient (Wildman–Crippen LogP) is 4.85. The first-order valence-electron chi connectivity index (χ1n) is 11.4. The highest BCUT2D eigenvalue weighted by molar-refractivity contribution is 6.33. The van der Waals surface area contributed by atoms with Crippen molar-refractivity contribution in [2.45, 2.75) is 5.92 Å². The quantitative estimate of drug-likeness (QED) is 0.401. The molecule has 5 rings (SSSR count). The SMILES string of the molecule is CNC(=O)C(c1cc(-c2ncnc3cc(N4CCOCC4)ccc23)c(F)cc1Cl)c1ncccc1Cl. The summed E-state index contributed by atoms with van der Waals surface area (Å²) in [7, 11) is 1.51. The Morgan fingerprint density at radius 1 is 1.08 bits per heavy atom. The van der Waals surface area contributed by atoms with Crippen LogP contribution in [-0.2, 0) is 9.53 Å². The largest absolute Gasteiger partial charge is 0.378 e. The number of amides is 1. The van der Waals surface area contributed by atoms with Crippen molar-refractivity contribution in [3.8, 4) is 11.3 Å². The van der Waals surface area contributed by atoms with Crippen LogP contribution in [0.15, 0.2) is 55.0 Å². The molecule has 10 heteroatoms. The molecular formula is C26H22Cl2FN5O2. The molecule has 0 saturated carbocycles. The zero-order chi connectivity index (χ0) is 25.2. The highest BCUT2D eigenvalue weighted by atomic mass is 35.5. The minimum atomic E-state index is -0.948. The number of rotatable bonds is 5. The van der Waals surface area contributed by atoms with Crippen molar-refractivity contribution in [3.63, 3.8) is 0 Å². The van der Waals surface area contributed by atoms with E-state index in [0.29, 0.717) is 46.1 Å². The van der Waals surface area contributed by atoms with Gasteiger partial charge in [0.1, 0.15) is 18.1 Å². The van der Waals surface area contributed by atoms with E-state index >= 15 is 4.39 Å². The Bertz CT molecular complexity index is 1450. The van der Waals surface area contributed by atoms with E-state index in [1.54, 1.807) is 24.4 Å². The van der Waals surface area contributed by atoms with Crippen LogP contribution in [0.1, 0.15) is 17.2 Å². The molecule has 0 radical (unpaired) electrons. The fourth-order valence-corrected chi connectivity index (χ4v) is 4.90. The Morgan fingerprint density at radius 2 is 1.89 bits per heavy atom. The summed E-state index contributed by atoms with van der Waals surface area (Å²) in [6.45, 7) is 2.91. The van der Waals surface area contributed by atoms with E-state index in [1.807, 2.05) is 18.2 Å². The number of morpholine rings is 1. The van der Waals surface area contributed by atoms with E-state index < -0.39 is 11.7 Å². The summed E-state index contributed by atoms with van der Waals surface area (Å²) in [5.74, 6) is -1.89. The van der Waals surface area contributed by atoms with Crippen LogP contribution in [0, 0.1) is 5.82 Å². The molecule has 1 unspecified atom stereocenters. The lowest BCUT2D eigenvalue weighted by atomic mass is 9.91. The van der Waals surface area contributed by atoms with E-state index in [2.05, 4.69) is 25.2 Å². The van der Waals surface area contributed by atoms with Gasteiger partial charge in [0.25, 0.3) is 0 Å². The second kappa shape index (κ2) is 10.3. The number of carbonyl (C=O) groups is 1. The van der Waals surface area contributed by atoms with Crippen LogP contribution in [0.4, 0.5) is 10.1 Å². The number of benzene rings is 2. The fraction of sp³-hybridized carbons (Fsp3) is 0.231. The molecule has 3 heterocycles. The van der Waals surface area contributed by atoms with Gasteiger partial charge in [-0.2, -0.15) is 0 Å². The van der Waals surface area contributed by atoms with Gasteiger partial charge in [0.2, 0.25) is 5.91 Å². The molecule has 1 aliphatic heterocycles. The molecule has 0 bridgehead atoms. The Labute approximate surface area is 217 Å². The van der Waals surface area contributed by atoms with Crippen molar-refractivity contribution in [3.05, 3.63) is 82.1 Å². The number of likely N-dealkylation sites (N-methyl/N-ethyl adjacent to an activating group) is 1. The average molecular weight is 526 g/mol. The first-order chi connectivity index (χ1) is 17.5. The van der Waals surface area contributed by atoms with Gasteiger partial charge in [0, 0.05) is 48.0 Å². The number of nitrogens with zero attached hydrogens (tertiary/aromatic N) is 4. The van der Waals surface area contributed by atoms with Gasteiger partial charge in [-0.25, -0.2) is 14.4 Å². The second-order valence-corrected chi connectivity index (χ2v) is 9.11. The second-order valence-electron chi connectivity index (χ2n) is 8.29. The number of nitrogens with one attached hydrogen (secondary N) is 1. The van der Waals surface area contributed by atoms with Gasteiger partial charge in [0.05, 0.1) is 35.1 Å². The number of fused-ring (bicyclic) bond motifs is 1. The van der Waals surface area contributed by atoms with Crippen LogP contribution in [0.25, 0.3) is 22.2 Å². The third kappa shape index (κ3) is 4.59. The van der Waals surface area contributed by atoms with Crippen LogP contribution < -0.4 is 10.2 Å². The zero-order valence-electron chi connectivity index (χ0n) is 19.3. The highest BCUT2D eigenvalue weighted by Crippen LogP contribution is 2.38. The summed E-state index contributed by atoms with van der Waals surface area (Å²) in [6, 6.07) is 11.9. The molecule has 1 fully saturated rings. The molecule has 1 saturated heterocycles. The van der Waals surface area contributed by atoms with E-state index in [4.69, 9.17) is 27.9 Å².